The average Bonchev–Trinajstić information content (AvgIpc) is 2.78. The summed E-state index contributed by atoms with van der Waals surface area (Å²) in [5, 5.41) is 3.72. The van der Waals surface area contributed by atoms with E-state index in [0.29, 0.717) is 42.0 Å². The van der Waals surface area contributed by atoms with E-state index < -0.39 is 23.7 Å². The van der Waals surface area contributed by atoms with E-state index in [-0.39, 0.29) is 12.1 Å². The zero-order valence-corrected chi connectivity index (χ0v) is 18.4. The second-order valence-corrected chi connectivity index (χ2v) is 7.68. The average molecular weight is 461 g/mol. The van der Waals surface area contributed by atoms with Crippen LogP contribution in [0.2, 0.25) is 0 Å². The van der Waals surface area contributed by atoms with Crippen LogP contribution >= 0.6 is 0 Å². The second-order valence-electron chi connectivity index (χ2n) is 7.68. The number of ether oxygens (including phenoxy) is 1. The van der Waals surface area contributed by atoms with Crippen molar-refractivity contribution in [3.8, 4) is 11.1 Å². The van der Waals surface area contributed by atoms with Crippen molar-refractivity contribution in [1.29, 1.82) is 0 Å². The topological polar surface area (TPSA) is 86.3 Å². The summed E-state index contributed by atoms with van der Waals surface area (Å²) in [5.74, 6) is -0.520. The summed E-state index contributed by atoms with van der Waals surface area (Å²) in [7, 11) is 0. The number of nitrogens with zero attached hydrogens (tertiary/aromatic N) is 1. The zero-order valence-electron chi connectivity index (χ0n) is 18.4. The third-order valence-corrected chi connectivity index (χ3v) is 5.41. The Morgan fingerprint density at radius 3 is 2.39 bits per heavy atom. The number of aromatic nitrogens is 1. The number of amides is 1. The molecule has 0 spiro atoms. The Balaban J connectivity index is 2.03. The molecule has 0 aliphatic heterocycles. The monoisotopic (exact) mass is 461 g/mol. The lowest BCUT2D eigenvalue weighted by Gasteiger charge is -2.16. The SMILES string of the molecule is CCOCCn1c(=O)c(CNC(C)C(N)=O)cc2ccc(-c3ccc(C(F)(F)F)cc3)cc21. The fourth-order valence-corrected chi connectivity index (χ4v) is 3.48. The van der Waals surface area contributed by atoms with Crippen molar-refractivity contribution in [3.05, 3.63) is 70.0 Å². The molecule has 1 aromatic heterocycles. The van der Waals surface area contributed by atoms with Crippen LogP contribution in [0.4, 0.5) is 13.2 Å². The van der Waals surface area contributed by atoms with Crippen molar-refractivity contribution in [3.63, 3.8) is 0 Å². The third-order valence-electron chi connectivity index (χ3n) is 5.41. The number of carbonyl (C=O) groups is 1. The van der Waals surface area contributed by atoms with Crippen molar-refractivity contribution in [2.45, 2.75) is 39.2 Å². The van der Waals surface area contributed by atoms with Crippen molar-refractivity contribution >= 4 is 16.8 Å². The molecule has 0 aliphatic carbocycles. The van der Waals surface area contributed by atoms with Gasteiger partial charge >= 0.3 is 6.18 Å². The smallest absolute Gasteiger partial charge is 0.380 e. The molecule has 6 nitrogen and oxygen atoms in total. The lowest BCUT2D eigenvalue weighted by atomic mass is 10.0. The summed E-state index contributed by atoms with van der Waals surface area (Å²) in [6.07, 6.45) is -4.40. The number of pyridine rings is 1. The van der Waals surface area contributed by atoms with Gasteiger partial charge in [-0.25, -0.2) is 0 Å². The number of alkyl halides is 3. The van der Waals surface area contributed by atoms with Crippen LogP contribution in [0.3, 0.4) is 0 Å². The van der Waals surface area contributed by atoms with Crippen LogP contribution in [-0.2, 0) is 28.8 Å². The second kappa shape index (κ2) is 10.2. The zero-order chi connectivity index (χ0) is 24.2. The summed E-state index contributed by atoms with van der Waals surface area (Å²) in [5.41, 5.74) is 6.73. The van der Waals surface area contributed by atoms with Crippen molar-refractivity contribution in [2.24, 2.45) is 5.73 Å². The van der Waals surface area contributed by atoms with E-state index in [1.165, 1.54) is 12.1 Å². The Bertz CT molecular complexity index is 1190. The van der Waals surface area contributed by atoms with E-state index in [0.717, 1.165) is 17.5 Å². The van der Waals surface area contributed by atoms with Crippen LogP contribution in [0.5, 0.6) is 0 Å². The molecule has 33 heavy (non-hydrogen) atoms. The molecule has 0 saturated heterocycles. The Labute approximate surface area is 189 Å². The number of nitrogens with two attached hydrogens (primary N) is 1. The Kier molecular flexibility index (Phi) is 7.55. The number of hydrogen-bond acceptors (Lipinski definition) is 4. The van der Waals surface area contributed by atoms with Crippen LogP contribution in [0.25, 0.3) is 22.0 Å². The van der Waals surface area contributed by atoms with Crippen LogP contribution in [-0.4, -0.2) is 29.7 Å². The lowest BCUT2D eigenvalue weighted by Crippen LogP contribution is -2.39. The minimum absolute atomic E-state index is 0.161. The molecule has 9 heteroatoms. The van der Waals surface area contributed by atoms with E-state index in [9.17, 15) is 22.8 Å². The molecule has 3 aromatic rings. The van der Waals surface area contributed by atoms with Crippen LogP contribution in [0.15, 0.2) is 53.3 Å². The molecule has 3 N–H and O–H groups in total. The van der Waals surface area contributed by atoms with Gasteiger partial charge in [-0.05, 0) is 54.6 Å². The van der Waals surface area contributed by atoms with Crippen LogP contribution in [0.1, 0.15) is 25.0 Å². The number of primary amides is 1. The minimum Gasteiger partial charge on any atom is -0.380 e. The Morgan fingerprint density at radius 1 is 1.12 bits per heavy atom. The number of benzene rings is 2. The highest BCUT2D eigenvalue weighted by Gasteiger charge is 2.30. The summed E-state index contributed by atoms with van der Waals surface area (Å²) >= 11 is 0. The molecule has 1 atom stereocenters. The van der Waals surface area contributed by atoms with Crippen LogP contribution in [0, 0.1) is 0 Å². The van der Waals surface area contributed by atoms with Gasteiger partial charge in [-0.15, -0.1) is 0 Å². The van der Waals surface area contributed by atoms with Crippen molar-refractivity contribution in [1.82, 2.24) is 9.88 Å². The number of rotatable bonds is 9. The lowest BCUT2D eigenvalue weighted by molar-refractivity contribution is -0.137. The van der Waals surface area contributed by atoms with Gasteiger partial charge in [0, 0.05) is 25.3 Å². The van der Waals surface area contributed by atoms with Gasteiger partial charge < -0.3 is 20.4 Å². The van der Waals surface area contributed by atoms with E-state index in [1.54, 1.807) is 29.7 Å². The molecule has 176 valence electrons. The van der Waals surface area contributed by atoms with Gasteiger partial charge in [0.25, 0.3) is 5.56 Å². The molecule has 0 bridgehead atoms. The van der Waals surface area contributed by atoms with E-state index >= 15 is 0 Å². The normalized spacial score (nSPS) is 12.8. The maximum atomic E-state index is 13.2. The minimum atomic E-state index is -4.40. The summed E-state index contributed by atoms with van der Waals surface area (Å²) in [6.45, 7) is 4.76. The molecule has 1 heterocycles. The first kappa shape index (κ1) is 24.5. The number of hydrogen-bond donors (Lipinski definition) is 2. The predicted molar refractivity (Wildman–Crippen MR) is 121 cm³/mol. The molecule has 0 saturated carbocycles. The Morgan fingerprint density at radius 2 is 1.79 bits per heavy atom. The van der Waals surface area contributed by atoms with Gasteiger partial charge in [0.2, 0.25) is 5.91 Å². The largest absolute Gasteiger partial charge is 0.416 e. The fourth-order valence-electron chi connectivity index (χ4n) is 3.48. The van der Waals surface area contributed by atoms with Gasteiger partial charge in [-0.3, -0.25) is 9.59 Å². The van der Waals surface area contributed by atoms with Crippen molar-refractivity contribution < 1.29 is 22.7 Å². The summed E-state index contributed by atoms with van der Waals surface area (Å²) < 4.78 is 45.7. The molecule has 1 amide bonds. The molecule has 2 aromatic carbocycles. The van der Waals surface area contributed by atoms with E-state index in [4.69, 9.17) is 10.5 Å². The predicted octanol–water partition coefficient (Wildman–Crippen LogP) is 3.69. The molecule has 0 radical (unpaired) electrons. The Hall–Kier alpha value is -3.17. The summed E-state index contributed by atoms with van der Waals surface area (Å²) in [6, 6.07) is 11.4. The number of nitrogens with one attached hydrogen (secondary N) is 1. The molecular formula is C24H26F3N3O3. The van der Waals surface area contributed by atoms with Crippen molar-refractivity contribution in [2.75, 3.05) is 13.2 Å². The fraction of sp³-hybridized carbons (Fsp3) is 0.333. The first-order valence-corrected chi connectivity index (χ1v) is 10.6. The van der Waals surface area contributed by atoms with E-state index in [1.807, 2.05) is 13.0 Å². The number of carbonyl (C=O) groups excluding carboxylic acids is 1. The maximum Gasteiger partial charge on any atom is 0.416 e. The number of halogens is 3. The quantitative estimate of drug-likeness (QED) is 0.476. The van der Waals surface area contributed by atoms with Gasteiger partial charge in [-0.1, -0.05) is 24.3 Å². The maximum absolute atomic E-state index is 13.2. The highest BCUT2D eigenvalue weighted by atomic mass is 19.4. The molecule has 0 aliphatic rings. The van der Waals surface area contributed by atoms with Gasteiger partial charge in [0.15, 0.2) is 0 Å². The van der Waals surface area contributed by atoms with Gasteiger partial charge in [-0.2, -0.15) is 13.2 Å². The molecule has 1 unspecified atom stereocenters. The molecular weight excluding hydrogens is 435 g/mol. The summed E-state index contributed by atoms with van der Waals surface area (Å²) in [4.78, 5) is 24.5. The molecule has 0 fully saturated rings. The first-order valence-electron chi connectivity index (χ1n) is 10.6. The van der Waals surface area contributed by atoms with Gasteiger partial charge in [0.1, 0.15) is 0 Å². The van der Waals surface area contributed by atoms with Gasteiger partial charge in [0.05, 0.1) is 23.7 Å². The number of fused-ring (bicyclic) bond motifs is 1. The first-order chi connectivity index (χ1) is 15.6. The van der Waals surface area contributed by atoms with Crippen LogP contribution < -0.4 is 16.6 Å². The highest BCUT2D eigenvalue weighted by Crippen LogP contribution is 2.31. The standard InChI is InChI=1S/C24H26F3N3O3/c1-3-33-11-10-30-21-13-17(16-6-8-20(9-7-16)24(25,26)27)4-5-18(21)12-19(23(30)32)14-29-15(2)22(28)31/h4-9,12-13,15,29H,3,10-11,14H2,1-2H3,(H2,28,31). The highest BCUT2D eigenvalue weighted by molar-refractivity contribution is 5.85. The third kappa shape index (κ3) is 5.80. The van der Waals surface area contributed by atoms with E-state index in [2.05, 4.69) is 5.32 Å². The molecule has 3 rings (SSSR count).